The molecule has 12 heavy (non-hydrogen) atoms. The molecule has 0 spiro atoms. The fourth-order valence-corrected chi connectivity index (χ4v) is 0.707. The van der Waals surface area contributed by atoms with Gasteiger partial charge in [-0.3, -0.25) is 0 Å². The van der Waals surface area contributed by atoms with Crippen molar-refractivity contribution in [3.05, 3.63) is 0 Å². The Hall–Kier alpha value is -0.430. The van der Waals surface area contributed by atoms with Crippen LogP contribution in [0.25, 0.3) is 0 Å². The predicted octanol–water partition coefficient (Wildman–Crippen LogP) is 1.56. The normalized spacial score (nSPS) is 37.2. The largest absolute Gasteiger partial charge is 0.478 e. The first-order valence-corrected chi connectivity index (χ1v) is 3.02. The number of rotatable bonds is 1. The molecule has 7 heteroatoms. The number of halogens is 5. The summed E-state index contributed by atoms with van der Waals surface area (Å²) in [5.74, 6) is 0. The highest BCUT2D eigenvalue weighted by Gasteiger charge is 2.64. The summed E-state index contributed by atoms with van der Waals surface area (Å²) < 4.78 is 66.7. The van der Waals surface area contributed by atoms with Crippen LogP contribution in [0.2, 0.25) is 0 Å². The Labute approximate surface area is 64.2 Å². The van der Waals surface area contributed by atoms with Gasteiger partial charge in [0.05, 0.1) is 6.61 Å². The molecule has 1 saturated heterocycles. The highest BCUT2D eigenvalue weighted by molar-refractivity contribution is 4.76. The van der Waals surface area contributed by atoms with Crippen molar-refractivity contribution in [1.82, 2.24) is 0 Å². The van der Waals surface area contributed by atoms with Gasteiger partial charge in [0, 0.05) is 0 Å². The molecule has 0 amide bonds. The van der Waals surface area contributed by atoms with E-state index in [9.17, 15) is 22.0 Å². The third-order valence-corrected chi connectivity index (χ3v) is 1.28. The van der Waals surface area contributed by atoms with Crippen molar-refractivity contribution in [3.8, 4) is 0 Å². The van der Waals surface area contributed by atoms with Crippen LogP contribution in [-0.2, 0) is 9.47 Å². The van der Waals surface area contributed by atoms with E-state index in [2.05, 4.69) is 9.47 Å². The zero-order valence-electron chi connectivity index (χ0n) is 5.70. The molecule has 1 heterocycles. The predicted molar refractivity (Wildman–Crippen MR) is 26.7 cm³/mol. The number of hydrogen-bond donors (Lipinski definition) is 0. The Morgan fingerprint density at radius 2 is 2.00 bits per heavy atom. The minimum atomic E-state index is -5.28. The second kappa shape index (κ2) is 2.81. The lowest BCUT2D eigenvalue weighted by Gasteiger charge is -2.20. The molecule has 1 rings (SSSR count). The van der Waals surface area contributed by atoms with Gasteiger partial charge in [0.1, 0.15) is 12.8 Å². The molecule has 2 atom stereocenters. The van der Waals surface area contributed by atoms with Crippen molar-refractivity contribution < 1.29 is 31.4 Å². The molecule has 0 bridgehead atoms. The fraction of sp³-hybridized carbons (Fsp3) is 1.00. The van der Waals surface area contributed by atoms with Crippen LogP contribution in [0.1, 0.15) is 0 Å². The zero-order chi connectivity index (χ0) is 9.41. The van der Waals surface area contributed by atoms with Crippen LogP contribution in [0, 0.1) is 0 Å². The Balaban J connectivity index is 2.64. The average Bonchev–Trinajstić information content (AvgIpc) is 2.31. The van der Waals surface area contributed by atoms with Gasteiger partial charge < -0.3 is 9.47 Å². The van der Waals surface area contributed by atoms with Crippen LogP contribution in [0.5, 0.6) is 0 Å². The van der Waals surface area contributed by atoms with Gasteiger partial charge in [0.25, 0.3) is 0 Å². The summed E-state index contributed by atoms with van der Waals surface area (Å²) in [5.41, 5.74) is 0. The molecule has 1 aliphatic rings. The molecule has 0 radical (unpaired) electrons. The van der Waals surface area contributed by atoms with Crippen molar-refractivity contribution in [2.75, 3.05) is 13.3 Å². The van der Waals surface area contributed by atoms with E-state index in [1.165, 1.54) is 0 Å². The molecule has 0 aromatic rings. The number of ether oxygens (including phenoxy) is 2. The van der Waals surface area contributed by atoms with Crippen molar-refractivity contribution in [2.45, 2.75) is 18.3 Å². The summed E-state index contributed by atoms with van der Waals surface area (Å²) in [6.07, 6.45) is -6.76. The Kier molecular flexibility index (Phi) is 2.26. The van der Waals surface area contributed by atoms with Crippen molar-refractivity contribution in [2.24, 2.45) is 0 Å². The maximum absolute atomic E-state index is 12.5. The first-order chi connectivity index (χ1) is 5.39. The van der Waals surface area contributed by atoms with Crippen LogP contribution in [0.15, 0.2) is 0 Å². The molecule has 2 nitrogen and oxygen atoms in total. The second-order valence-corrected chi connectivity index (χ2v) is 2.24. The molecule has 1 fully saturated rings. The molecule has 0 saturated carbocycles. The Morgan fingerprint density at radius 3 is 2.25 bits per heavy atom. The van der Waals surface area contributed by atoms with Crippen molar-refractivity contribution in [3.63, 3.8) is 0 Å². The first-order valence-electron chi connectivity index (χ1n) is 3.02. The lowest BCUT2D eigenvalue weighted by molar-refractivity contribution is -0.407. The van der Waals surface area contributed by atoms with E-state index >= 15 is 0 Å². The van der Waals surface area contributed by atoms with E-state index in [1.807, 2.05) is 0 Å². The Bertz CT molecular complexity index is 170. The van der Waals surface area contributed by atoms with Gasteiger partial charge in [-0.1, -0.05) is 0 Å². The average molecular weight is 192 g/mol. The van der Waals surface area contributed by atoms with E-state index in [4.69, 9.17) is 0 Å². The summed E-state index contributed by atoms with van der Waals surface area (Å²) in [7, 11) is 0. The second-order valence-electron chi connectivity index (χ2n) is 2.24. The van der Waals surface area contributed by atoms with Crippen LogP contribution in [-0.4, -0.2) is 31.6 Å². The first kappa shape index (κ1) is 9.66. The van der Waals surface area contributed by atoms with Gasteiger partial charge in [-0.15, -0.1) is 0 Å². The van der Waals surface area contributed by atoms with Gasteiger partial charge in [-0.2, -0.15) is 17.6 Å². The lowest BCUT2D eigenvalue weighted by Crippen LogP contribution is -2.42. The third kappa shape index (κ3) is 1.51. The van der Waals surface area contributed by atoms with Crippen LogP contribution >= 0.6 is 0 Å². The molecule has 0 aromatic carbocycles. The molecule has 1 aliphatic heterocycles. The lowest BCUT2D eigenvalue weighted by atomic mass is 10.4. The molecule has 0 aliphatic carbocycles. The summed E-state index contributed by atoms with van der Waals surface area (Å²) >= 11 is 0. The van der Waals surface area contributed by atoms with Gasteiger partial charge in [0.2, 0.25) is 0 Å². The minimum Gasteiger partial charge on any atom is -0.314 e. The molecular formula is C5H5F5O2. The van der Waals surface area contributed by atoms with Gasteiger partial charge in [0.15, 0.2) is 0 Å². The van der Waals surface area contributed by atoms with E-state index in [1.54, 1.807) is 0 Å². The summed E-state index contributed by atoms with van der Waals surface area (Å²) in [5, 5.41) is 0. The van der Waals surface area contributed by atoms with Crippen molar-refractivity contribution in [1.29, 1.82) is 0 Å². The van der Waals surface area contributed by atoms with Crippen LogP contribution in [0.4, 0.5) is 22.0 Å². The van der Waals surface area contributed by atoms with Crippen molar-refractivity contribution >= 4 is 0 Å². The van der Waals surface area contributed by atoms with E-state index in [-0.39, 0.29) is 0 Å². The Morgan fingerprint density at radius 1 is 1.42 bits per heavy atom. The SMILES string of the molecule is FCC1COC(F)(C(F)(F)F)O1. The molecule has 2 unspecified atom stereocenters. The number of hydrogen-bond acceptors (Lipinski definition) is 2. The van der Waals surface area contributed by atoms with E-state index in [0.717, 1.165) is 0 Å². The topological polar surface area (TPSA) is 18.5 Å². The summed E-state index contributed by atoms with van der Waals surface area (Å²) in [6, 6.07) is -4.14. The quantitative estimate of drug-likeness (QED) is 0.587. The van der Waals surface area contributed by atoms with Crippen LogP contribution < -0.4 is 0 Å². The smallest absolute Gasteiger partial charge is 0.314 e. The fourth-order valence-electron chi connectivity index (χ4n) is 0.707. The highest BCUT2D eigenvalue weighted by Crippen LogP contribution is 2.40. The van der Waals surface area contributed by atoms with Crippen LogP contribution in [0.3, 0.4) is 0 Å². The minimum absolute atomic E-state index is 0.730. The maximum atomic E-state index is 12.5. The van der Waals surface area contributed by atoms with Gasteiger partial charge in [-0.25, -0.2) is 4.39 Å². The molecular weight excluding hydrogens is 187 g/mol. The third-order valence-electron chi connectivity index (χ3n) is 1.28. The zero-order valence-corrected chi connectivity index (χ0v) is 5.70. The molecule has 0 N–H and O–H groups in total. The summed E-state index contributed by atoms with van der Waals surface area (Å²) in [4.78, 5) is 0. The standard InChI is InChI=1S/C5H5F5O2/c6-1-3-2-11-5(10,12-3)4(7,8)9/h3H,1-2H2. The maximum Gasteiger partial charge on any atom is 0.478 e. The monoisotopic (exact) mass is 192 g/mol. The van der Waals surface area contributed by atoms with Gasteiger partial charge >= 0.3 is 12.2 Å². The highest BCUT2D eigenvalue weighted by atomic mass is 19.4. The number of alkyl halides is 5. The van der Waals surface area contributed by atoms with Gasteiger partial charge in [-0.05, 0) is 0 Å². The molecule has 0 aromatic heterocycles. The van der Waals surface area contributed by atoms with E-state index in [0.29, 0.717) is 0 Å². The summed E-state index contributed by atoms with van der Waals surface area (Å²) in [6.45, 7) is -1.94. The van der Waals surface area contributed by atoms with E-state index < -0.39 is 31.6 Å². The molecule has 72 valence electrons.